The summed E-state index contributed by atoms with van der Waals surface area (Å²) in [5.74, 6) is -0.429. The van der Waals surface area contributed by atoms with Crippen LogP contribution in [0.3, 0.4) is 0 Å². The number of halogens is 1. The standard InChI is InChI=1S/C17H18FNO3/c18-12-6-7-15-13(8-12)14(20)9-16(22-15)17(21)19-10-11-4-2-1-3-5-11/h6-9,11H,1-5,10H2,(H,19,21). The number of fused-ring (bicyclic) bond motifs is 1. The molecule has 1 heterocycles. The summed E-state index contributed by atoms with van der Waals surface area (Å²) in [6.45, 7) is 0.601. The molecular formula is C17H18FNO3. The van der Waals surface area contributed by atoms with Crippen LogP contribution in [-0.4, -0.2) is 12.5 Å². The van der Waals surface area contributed by atoms with E-state index in [1.54, 1.807) is 0 Å². The van der Waals surface area contributed by atoms with Gasteiger partial charge in [0.25, 0.3) is 5.91 Å². The van der Waals surface area contributed by atoms with Gasteiger partial charge in [0.15, 0.2) is 11.2 Å². The highest BCUT2D eigenvalue weighted by Crippen LogP contribution is 2.23. The summed E-state index contributed by atoms with van der Waals surface area (Å²) in [5, 5.41) is 2.97. The fourth-order valence-corrected chi connectivity index (χ4v) is 2.96. The SMILES string of the molecule is O=C(NCC1CCCCC1)c1cc(=O)c2cc(F)ccc2o1. The van der Waals surface area contributed by atoms with Gasteiger partial charge in [0, 0.05) is 12.6 Å². The summed E-state index contributed by atoms with van der Waals surface area (Å²) in [6, 6.07) is 4.81. The number of amides is 1. The zero-order valence-electron chi connectivity index (χ0n) is 12.2. The monoisotopic (exact) mass is 303 g/mol. The van der Waals surface area contributed by atoms with Crippen molar-refractivity contribution in [2.24, 2.45) is 5.92 Å². The van der Waals surface area contributed by atoms with Gasteiger partial charge >= 0.3 is 0 Å². The minimum Gasteiger partial charge on any atom is -0.451 e. The first-order chi connectivity index (χ1) is 10.6. The van der Waals surface area contributed by atoms with E-state index in [4.69, 9.17) is 4.42 Å². The van der Waals surface area contributed by atoms with Crippen LogP contribution in [0.2, 0.25) is 0 Å². The molecule has 1 aliphatic carbocycles. The average Bonchev–Trinajstić information content (AvgIpc) is 2.54. The Hall–Kier alpha value is -2.17. The van der Waals surface area contributed by atoms with E-state index in [2.05, 4.69) is 5.32 Å². The van der Waals surface area contributed by atoms with Gasteiger partial charge in [-0.2, -0.15) is 0 Å². The number of carbonyl (C=O) groups excluding carboxylic acids is 1. The van der Waals surface area contributed by atoms with Crippen LogP contribution in [0.4, 0.5) is 4.39 Å². The first-order valence-electron chi connectivity index (χ1n) is 7.65. The Bertz CT molecular complexity index is 747. The highest BCUT2D eigenvalue weighted by molar-refractivity contribution is 5.93. The summed E-state index contributed by atoms with van der Waals surface area (Å²) in [5.41, 5.74) is -0.194. The van der Waals surface area contributed by atoms with E-state index in [1.165, 1.54) is 31.4 Å². The normalized spacial score (nSPS) is 15.9. The maximum absolute atomic E-state index is 13.1. The second-order valence-corrected chi connectivity index (χ2v) is 5.83. The van der Waals surface area contributed by atoms with Crippen molar-refractivity contribution in [3.05, 3.63) is 46.1 Å². The van der Waals surface area contributed by atoms with Crippen LogP contribution in [0.15, 0.2) is 33.5 Å². The minimum absolute atomic E-state index is 0.0279. The summed E-state index contributed by atoms with van der Waals surface area (Å²) < 4.78 is 18.6. The molecule has 0 atom stereocenters. The van der Waals surface area contributed by atoms with Crippen LogP contribution >= 0.6 is 0 Å². The molecule has 1 fully saturated rings. The van der Waals surface area contributed by atoms with E-state index >= 15 is 0 Å². The smallest absolute Gasteiger partial charge is 0.287 e. The number of hydrogen-bond acceptors (Lipinski definition) is 3. The van der Waals surface area contributed by atoms with Crippen molar-refractivity contribution in [1.29, 1.82) is 0 Å². The number of nitrogens with one attached hydrogen (secondary N) is 1. The van der Waals surface area contributed by atoms with Crippen molar-refractivity contribution in [3.8, 4) is 0 Å². The second kappa shape index (κ2) is 6.30. The molecule has 3 rings (SSSR count). The largest absolute Gasteiger partial charge is 0.451 e. The molecule has 4 nitrogen and oxygen atoms in total. The van der Waals surface area contributed by atoms with Gasteiger partial charge in [0.2, 0.25) is 0 Å². The summed E-state index contributed by atoms with van der Waals surface area (Å²) in [7, 11) is 0. The lowest BCUT2D eigenvalue weighted by molar-refractivity contribution is 0.0916. The molecule has 1 amide bonds. The van der Waals surface area contributed by atoms with Crippen LogP contribution in [0.25, 0.3) is 11.0 Å². The Morgan fingerprint density at radius 1 is 1.23 bits per heavy atom. The predicted octanol–water partition coefficient (Wildman–Crippen LogP) is 3.24. The van der Waals surface area contributed by atoms with E-state index < -0.39 is 17.2 Å². The molecule has 0 saturated heterocycles. The van der Waals surface area contributed by atoms with Gasteiger partial charge in [0.1, 0.15) is 11.4 Å². The van der Waals surface area contributed by atoms with Gasteiger partial charge in [0.05, 0.1) is 5.39 Å². The maximum atomic E-state index is 13.1. The average molecular weight is 303 g/mol. The zero-order valence-corrected chi connectivity index (χ0v) is 12.2. The molecular weight excluding hydrogens is 285 g/mol. The fraction of sp³-hybridized carbons (Fsp3) is 0.412. The topological polar surface area (TPSA) is 59.3 Å². The second-order valence-electron chi connectivity index (χ2n) is 5.83. The van der Waals surface area contributed by atoms with Gasteiger partial charge in [-0.15, -0.1) is 0 Å². The Morgan fingerprint density at radius 3 is 2.77 bits per heavy atom. The lowest BCUT2D eigenvalue weighted by atomic mass is 9.89. The molecule has 0 spiro atoms. The number of rotatable bonds is 3. The molecule has 0 bridgehead atoms. The van der Waals surface area contributed by atoms with Crippen molar-refractivity contribution in [3.63, 3.8) is 0 Å². The third-order valence-corrected chi connectivity index (χ3v) is 4.19. The molecule has 1 aromatic heterocycles. The molecule has 1 saturated carbocycles. The molecule has 0 radical (unpaired) electrons. The highest BCUT2D eigenvalue weighted by Gasteiger charge is 2.17. The van der Waals surface area contributed by atoms with E-state index in [0.717, 1.165) is 25.0 Å². The van der Waals surface area contributed by atoms with Crippen LogP contribution in [-0.2, 0) is 0 Å². The quantitative estimate of drug-likeness (QED) is 0.947. The Morgan fingerprint density at radius 2 is 2.00 bits per heavy atom. The third-order valence-electron chi connectivity index (χ3n) is 4.19. The Balaban J connectivity index is 1.76. The molecule has 1 aromatic carbocycles. The van der Waals surface area contributed by atoms with Crippen molar-refractivity contribution < 1.29 is 13.6 Å². The first kappa shape index (κ1) is 14.8. The molecule has 2 aromatic rings. The van der Waals surface area contributed by atoms with E-state index in [0.29, 0.717) is 12.5 Å². The maximum Gasteiger partial charge on any atom is 0.287 e. The molecule has 5 heteroatoms. The van der Waals surface area contributed by atoms with Gasteiger partial charge in [-0.05, 0) is 37.0 Å². The first-order valence-corrected chi connectivity index (χ1v) is 7.65. The van der Waals surface area contributed by atoms with Gasteiger partial charge in [-0.1, -0.05) is 19.3 Å². The van der Waals surface area contributed by atoms with Crippen molar-refractivity contribution >= 4 is 16.9 Å². The fourth-order valence-electron chi connectivity index (χ4n) is 2.96. The molecule has 1 N–H and O–H groups in total. The summed E-state index contributed by atoms with van der Waals surface area (Å²) in [6.07, 6.45) is 5.93. The van der Waals surface area contributed by atoms with Gasteiger partial charge in [-0.25, -0.2) is 4.39 Å². The number of benzene rings is 1. The molecule has 1 aliphatic rings. The summed E-state index contributed by atoms with van der Waals surface area (Å²) >= 11 is 0. The summed E-state index contributed by atoms with van der Waals surface area (Å²) in [4.78, 5) is 24.1. The molecule has 116 valence electrons. The van der Waals surface area contributed by atoms with Gasteiger partial charge < -0.3 is 9.73 Å². The lowest BCUT2D eigenvalue weighted by Crippen LogP contribution is -2.30. The van der Waals surface area contributed by atoms with Crippen LogP contribution in [0.1, 0.15) is 42.7 Å². The van der Waals surface area contributed by atoms with Crippen molar-refractivity contribution in [2.75, 3.05) is 6.54 Å². The predicted molar refractivity (Wildman–Crippen MR) is 81.4 cm³/mol. The van der Waals surface area contributed by atoms with Crippen LogP contribution in [0, 0.1) is 11.7 Å². The number of carbonyl (C=O) groups is 1. The molecule has 22 heavy (non-hydrogen) atoms. The minimum atomic E-state index is -0.505. The van der Waals surface area contributed by atoms with E-state index in [9.17, 15) is 14.0 Å². The van der Waals surface area contributed by atoms with Crippen molar-refractivity contribution in [1.82, 2.24) is 5.32 Å². The Labute approximate surface area is 127 Å². The number of hydrogen-bond donors (Lipinski definition) is 1. The van der Waals surface area contributed by atoms with Crippen LogP contribution < -0.4 is 10.7 Å². The highest BCUT2D eigenvalue weighted by atomic mass is 19.1. The zero-order chi connectivity index (χ0) is 15.5. The Kier molecular flexibility index (Phi) is 4.22. The van der Waals surface area contributed by atoms with E-state index in [1.807, 2.05) is 0 Å². The molecule has 0 aliphatic heterocycles. The van der Waals surface area contributed by atoms with Gasteiger partial charge in [-0.3, -0.25) is 9.59 Å². The van der Waals surface area contributed by atoms with Crippen LogP contribution in [0.5, 0.6) is 0 Å². The van der Waals surface area contributed by atoms with E-state index in [-0.39, 0.29) is 16.7 Å². The van der Waals surface area contributed by atoms with Crippen molar-refractivity contribution in [2.45, 2.75) is 32.1 Å². The molecule has 0 unspecified atom stereocenters. The third kappa shape index (κ3) is 3.18. The lowest BCUT2D eigenvalue weighted by Gasteiger charge is -2.21.